The van der Waals surface area contributed by atoms with Gasteiger partial charge in [0.25, 0.3) is 11.8 Å². The van der Waals surface area contributed by atoms with Gasteiger partial charge in [-0.2, -0.15) is 5.10 Å². The first kappa shape index (κ1) is 18.2. The molecule has 28 heavy (non-hydrogen) atoms. The summed E-state index contributed by atoms with van der Waals surface area (Å²) in [5.74, 6) is -0.653. The van der Waals surface area contributed by atoms with E-state index in [1.54, 1.807) is 52.2 Å². The maximum atomic E-state index is 13.2. The molecular weight excluding hydrogens is 378 g/mol. The van der Waals surface area contributed by atoms with E-state index >= 15 is 0 Å². The van der Waals surface area contributed by atoms with Crippen LogP contribution in [-0.4, -0.2) is 33.1 Å². The number of carbonyl (C=O) groups excluding carboxylic acids is 2. The number of amides is 2. The maximum absolute atomic E-state index is 13.2. The second kappa shape index (κ2) is 7.09. The minimum Gasteiger partial charge on any atom is -0.322 e. The number of nitrogens with zero attached hydrogens (tertiary/aromatic N) is 4. The molecule has 0 unspecified atom stereocenters. The molecule has 0 spiro atoms. The first-order valence-electron chi connectivity index (χ1n) is 8.83. The predicted octanol–water partition coefficient (Wildman–Crippen LogP) is 3.71. The summed E-state index contributed by atoms with van der Waals surface area (Å²) in [4.78, 5) is 31.8. The van der Waals surface area contributed by atoms with Crippen molar-refractivity contribution in [2.45, 2.75) is 19.9 Å². The van der Waals surface area contributed by atoms with E-state index in [0.29, 0.717) is 17.3 Å². The first-order chi connectivity index (χ1) is 13.4. The summed E-state index contributed by atoms with van der Waals surface area (Å²) in [5, 5.41) is 7.69. The highest BCUT2D eigenvalue weighted by Gasteiger charge is 2.35. The molecule has 1 atom stereocenters. The summed E-state index contributed by atoms with van der Waals surface area (Å²) in [7, 11) is 0. The molecule has 0 fully saturated rings. The molecule has 1 aliphatic rings. The third-order valence-electron chi connectivity index (χ3n) is 4.64. The van der Waals surface area contributed by atoms with Crippen molar-refractivity contribution < 1.29 is 9.59 Å². The summed E-state index contributed by atoms with van der Waals surface area (Å²) in [6, 6.07) is 10.4. The van der Waals surface area contributed by atoms with Gasteiger partial charge in [0.2, 0.25) is 0 Å². The van der Waals surface area contributed by atoms with Crippen molar-refractivity contribution in [3.63, 3.8) is 0 Å². The molecule has 0 aliphatic carbocycles. The Bertz CT molecular complexity index is 1060. The van der Waals surface area contributed by atoms with Gasteiger partial charge in [0.1, 0.15) is 5.69 Å². The second-order valence-corrected chi connectivity index (χ2v) is 7.17. The average Bonchev–Trinajstić information content (AvgIpc) is 3.12. The van der Waals surface area contributed by atoms with E-state index in [0.717, 1.165) is 11.4 Å². The highest BCUT2D eigenvalue weighted by Crippen LogP contribution is 2.29. The Labute approximate surface area is 166 Å². The van der Waals surface area contributed by atoms with Crippen LogP contribution in [0.5, 0.6) is 0 Å². The molecule has 2 amide bonds. The van der Waals surface area contributed by atoms with E-state index in [9.17, 15) is 9.59 Å². The van der Waals surface area contributed by atoms with Crippen LogP contribution >= 0.6 is 11.6 Å². The fourth-order valence-corrected chi connectivity index (χ4v) is 3.42. The van der Waals surface area contributed by atoms with Crippen LogP contribution < -0.4 is 10.2 Å². The SMILES string of the molecule is Cc1cc(NC(=O)c2cnn3c2C(=O)N(c2ccc(Cl)cc2)C[C@@H]3C)ccn1. The molecule has 0 saturated carbocycles. The number of anilines is 2. The number of nitrogens with one attached hydrogen (secondary N) is 1. The van der Waals surface area contributed by atoms with Crippen molar-refractivity contribution in [3.05, 3.63) is 70.8 Å². The fraction of sp³-hybridized carbons (Fsp3) is 0.200. The molecule has 3 aromatic rings. The Balaban J connectivity index is 1.67. The van der Waals surface area contributed by atoms with E-state index in [2.05, 4.69) is 15.4 Å². The van der Waals surface area contributed by atoms with Crippen molar-refractivity contribution in [2.24, 2.45) is 0 Å². The van der Waals surface area contributed by atoms with Gasteiger partial charge in [-0.25, -0.2) is 0 Å². The normalized spacial score (nSPS) is 16.0. The molecular formula is C20H18ClN5O2. The van der Waals surface area contributed by atoms with Crippen molar-refractivity contribution in [1.82, 2.24) is 14.8 Å². The maximum Gasteiger partial charge on any atom is 0.277 e. The number of hydrogen-bond donors (Lipinski definition) is 1. The van der Waals surface area contributed by atoms with Crippen molar-refractivity contribution >= 4 is 34.8 Å². The Morgan fingerprint density at radius 2 is 2.00 bits per heavy atom. The third-order valence-corrected chi connectivity index (χ3v) is 4.90. The van der Waals surface area contributed by atoms with Crippen LogP contribution in [0.4, 0.5) is 11.4 Å². The molecule has 1 aliphatic heterocycles. The molecule has 3 heterocycles. The highest BCUT2D eigenvalue weighted by molar-refractivity contribution is 6.30. The van der Waals surface area contributed by atoms with Crippen molar-refractivity contribution in [2.75, 3.05) is 16.8 Å². The molecule has 0 saturated heterocycles. The number of aromatic nitrogens is 3. The first-order valence-corrected chi connectivity index (χ1v) is 9.21. The number of halogens is 1. The van der Waals surface area contributed by atoms with Crippen LogP contribution in [0.2, 0.25) is 5.02 Å². The number of hydrogen-bond acceptors (Lipinski definition) is 4. The zero-order valence-corrected chi connectivity index (χ0v) is 16.1. The number of benzene rings is 1. The summed E-state index contributed by atoms with van der Waals surface area (Å²) in [5.41, 5.74) is 2.64. The van der Waals surface area contributed by atoms with Gasteiger partial charge in [0.05, 0.1) is 17.8 Å². The van der Waals surface area contributed by atoms with Crippen LogP contribution in [0, 0.1) is 6.92 Å². The lowest BCUT2D eigenvalue weighted by molar-refractivity contribution is 0.0939. The summed E-state index contributed by atoms with van der Waals surface area (Å²) >= 11 is 5.96. The van der Waals surface area contributed by atoms with Gasteiger partial charge in [-0.3, -0.25) is 19.3 Å². The van der Waals surface area contributed by atoms with Crippen LogP contribution in [0.3, 0.4) is 0 Å². The van der Waals surface area contributed by atoms with Crippen LogP contribution in [0.1, 0.15) is 39.5 Å². The smallest absolute Gasteiger partial charge is 0.277 e. The van der Waals surface area contributed by atoms with Crippen LogP contribution in [-0.2, 0) is 0 Å². The Morgan fingerprint density at radius 1 is 1.25 bits per heavy atom. The van der Waals surface area contributed by atoms with Gasteiger partial charge in [-0.15, -0.1) is 0 Å². The zero-order chi connectivity index (χ0) is 19.8. The summed E-state index contributed by atoms with van der Waals surface area (Å²) in [6.07, 6.45) is 3.06. The van der Waals surface area contributed by atoms with Gasteiger partial charge >= 0.3 is 0 Å². The quantitative estimate of drug-likeness (QED) is 0.733. The van der Waals surface area contributed by atoms with Gasteiger partial charge < -0.3 is 10.2 Å². The van der Waals surface area contributed by atoms with E-state index in [-0.39, 0.29) is 29.1 Å². The standard InChI is InChI=1S/C20H18ClN5O2/c1-12-9-15(7-8-22-12)24-19(27)17-10-23-26-13(2)11-25(20(28)18(17)26)16-5-3-14(21)4-6-16/h3-10,13H,11H2,1-2H3,(H,22,24,27)/t13-/m0/s1. The minimum atomic E-state index is -0.384. The third kappa shape index (κ3) is 3.25. The van der Waals surface area contributed by atoms with Crippen LogP contribution in [0.15, 0.2) is 48.8 Å². The largest absolute Gasteiger partial charge is 0.322 e. The van der Waals surface area contributed by atoms with Crippen LogP contribution in [0.25, 0.3) is 0 Å². The topological polar surface area (TPSA) is 80.1 Å². The highest BCUT2D eigenvalue weighted by atomic mass is 35.5. The van der Waals surface area contributed by atoms with Gasteiger partial charge in [-0.1, -0.05) is 11.6 Å². The lowest BCUT2D eigenvalue weighted by Crippen LogP contribution is -2.43. The second-order valence-electron chi connectivity index (χ2n) is 6.73. The number of pyridine rings is 1. The van der Waals surface area contributed by atoms with Gasteiger partial charge in [0, 0.05) is 34.8 Å². The Hall–Kier alpha value is -3.19. The van der Waals surface area contributed by atoms with E-state index in [4.69, 9.17) is 11.6 Å². The molecule has 7 nitrogen and oxygen atoms in total. The summed E-state index contributed by atoms with van der Waals surface area (Å²) < 4.78 is 1.61. The minimum absolute atomic E-state index is 0.0758. The van der Waals surface area contributed by atoms with Crippen molar-refractivity contribution in [3.8, 4) is 0 Å². The van der Waals surface area contributed by atoms with Crippen molar-refractivity contribution in [1.29, 1.82) is 0 Å². The number of rotatable bonds is 3. The zero-order valence-electron chi connectivity index (χ0n) is 15.4. The molecule has 1 aromatic carbocycles. The summed E-state index contributed by atoms with van der Waals surface area (Å²) in [6.45, 7) is 4.26. The molecule has 142 valence electrons. The monoisotopic (exact) mass is 395 g/mol. The molecule has 4 rings (SSSR count). The molecule has 1 N–H and O–H groups in total. The number of fused-ring (bicyclic) bond motifs is 1. The fourth-order valence-electron chi connectivity index (χ4n) is 3.29. The van der Waals surface area contributed by atoms with Gasteiger partial charge in [-0.05, 0) is 50.2 Å². The predicted molar refractivity (Wildman–Crippen MR) is 107 cm³/mol. The lowest BCUT2D eigenvalue weighted by atomic mass is 10.1. The van der Waals surface area contributed by atoms with E-state index in [1.165, 1.54) is 6.20 Å². The Kier molecular flexibility index (Phi) is 4.60. The Morgan fingerprint density at radius 3 is 2.71 bits per heavy atom. The molecule has 0 radical (unpaired) electrons. The average molecular weight is 396 g/mol. The van der Waals surface area contributed by atoms with E-state index < -0.39 is 0 Å². The molecule has 0 bridgehead atoms. The molecule has 2 aromatic heterocycles. The van der Waals surface area contributed by atoms with Gasteiger partial charge in [0.15, 0.2) is 0 Å². The lowest BCUT2D eigenvalue weighted by Gasteiger charge is -2.32. The van der Waals surface area contributed by atoms with E-state index in [1.807, 2.05) is 13.8 Å². The number of aryl methyl sites for hydroxylation is 1. The number of carbonyl (C=O) groups is 2. The molecule has 8 heteroatoms.